The number of amides is 2. The molecule has 1 N–H and O–H groups in total. The van der Waals surface area contributed by atoms with E-state index in [1.807, 2.05) is 67.3 Å². The number of ether oxygens (including phenoxy) is 1. The Morgan fingerprint density at radius 2 is 1.81 bits per heavy atom. The molecule has 0 bridgehead atoms. The Morgan fingerprint density at radius 3 is 2.46 bits per heavy atom. The standard InChI is InChI=1S/C27H33N3O5S2/c1-17-11-12-20(13-18(17)2)30-22-15-37(33,34)16-23(22)36-25(30)29-24(31)21(14-19-9-7-6-8-10-19)28-26(32)35-27(3,4)5/h6-13,21-23H,14-16H2,1-5H3,(H,28,32)/t21-,22+,23-/m0/s1. The van der Waals surface area contributed by atoms with Gasteiger partial charge in [0.25, 0.3) is 5.91 Å². The van der Waals surface area contributed by atoms with Crippen molar-refractivity contribution in [3.05, 3.63) is 65.2 Å². The molecule has 0 unspecified atom stereocenters. The van der Waals surface area contributed by atoms with E-state index >= 15 is 0 Å². The van der Waals surface area contributed by atoms with Crippen LogP contribution < -0.4 is 10.2 Å². The van der Waals surface area contributed by atoms with Crippen LogP contribution in [-0.2, 0) is 25.8 Å². The number of anilines is 1. The third-order valence-corrected chi connectivity index (χ3v) is 9.52. The van der Waals surface area contributed by atoms with Gasteiger partial charge in [-0.2, -0.15) is 4.99 Å². The number of alkyl carbamates (subject to hydrolysis) is 1. The zero-order valence-electron chi connectivity index (χ0n) is 21.7. The maximum atomic E-state index is 13.5. The molecule has 0 aliphatic carbocycles. The predicted molar refractivity (Wildman–Crippen MR) is 148 cm³/mol. The number of fused-ring (bicyclic) bond motifs is 1. The molecule has 4 rings (SSSR count). The summed E-state index contributed by atoms with van der Waals surface area (Å²) in [7, 11) is -3.18. The quantitative estimate of drug-likeness (QED) is 0.607. The van der Waals surface area contributed by atoms with E-state index in [1.54, 1.807) is 20.8 Å². The molecule has 0 aromatic heterocycles. The van der Waals surface area contributed by atoms with Crippen molar-refractivity contribution in [2.24, 2.45) is 4.99 Å². The van der Waals surface area contributed by atoms with Crippen molar-refractivity contribution in [3.63, 3.8) is 0 Å². The lowest BCUT2D eigenvalue weighted by Gasteiger charge is -2.26. The maximum absolute atomic E-state index is 13.5. The minimum Gasteiger partial charge on any atom is -0.444 e. The molecule has 0 radical (unpaired) electrons. The highest BCUT2D eigenvalue weighted by atomic mass is 32.2. The van der Waals surface area contributed by atoms with Crippen LogP contribution in [0.4, 0.5) is 10.5 Å². The molecule has 3 atom stereocenters. The number of hydrogen-bond acceptors (Lipinski definition) is 6. The minimum atomic E-state index is -3.18. The summed E-state index contributed by atoms with van der Waals surface area (Å²) in [5.74, 6) is -0.469. The minimum absolute atomic E-state index is 0.00834. The normalized spacial score (nSPS) is 22.5. The van der Waals surface area contributed by atoms with Gasteiger partial charge in [0.1, 0.15) is 11.6 Å². The van der Waals surface area contributed by atoms with Crippen molar-refractivity contribution in [2.45, 2.75) is 64.0 Å². The van der Waals surface area contributed by atoms with Crippen LogP contribution in [0.2, 0.25) is 0 Å². The van der Waals surface area contributed by atoms with Gasteiger partial charge in [0.15, 0.2) is 15.0 Å². The van der Waals surface area contributed by atoms with Gasteiger partial charge in [0, 0.05) is 17.4 Å². The van der Waals surface area contributed by atoms with E-state index in [0.29, 0.717) is 5.17 Å². The predicted octanol–water partition coefficient (Wildman–Crippen LogP) is 4.04. The molecule has 0 saturated carbocycles. The molecule has 10 heteroatoms. The lowest BCUT2D eigenvalue weighted by Crippen LogP contribution is -2.45. The fourth-order valence-corrected chi connectivity index (χ4v) is 8.33. The Hall–Kier alpha value is -2.85. The fraction of sp³-hybridized carbons (Fsp3) is 0.444. The summed E-state index contributed by atoms with van der Waals surface area (Å²) < 4.78 is 30.2. The number of aryl methyl sites for hydroxylation is 2. The van der Waals surface area contributed by atoms with Gasteiger partial charge in [-0.05, 0) is 63.4 Å². The number of rotatable bonds is 5. The zero-order chi connectivity index (χ0) is 27.0. The number of carbonyl (C=O) groups is 2. The number of thioether (sulfide) groups is 1. The molecule has 0 spiro atoms. The van der Waals surface area contributed by atoms with Gasteiger partial charge in [0.05, 0.1) is 17.5 Å². The largest absolute Gasteiger partial charge is 0.444 e. The van der Waals surface area contributed by atoms with Crippen molar-refractivity contribution in [2.75, 3.05) is 16.4 Å². The molecular weight excluding hydrogens is 510 g/mol. The molecule has 2 aromatic carbocycles. The zero-order valence-corrected chi connectivity index (χ0v) is 23.4. The summed E-state index contributed by atoms with van der Waals surface area (Å²) in [6.07, 6.45) is -0.458. The van der Waals surface area contributed by atoms with Gasteiger partial charge in [0.2, 0.25) is 0 Å². The van der Waals surface area contributed by atoms with Crippen LogP contribution in [0.15, 0.2) is 53.5 Å². The molecule has 2 aromatic rings. The topological polar surface area (TPSA) is 105 Å². The SMILES string of the molecule is Cc1ccc(N2C(=NC(=O)[C@H](Cc3ccccc3)NC(=O)OC(C)(C)C)S[C@H]3CS(=O)(=O)C[C@H]32)cc1C. The molecule has 198 valence electrons. The molecule has 2 heterocycles. The van der Waals surface area contributed by atoms with Crippen molar-refractivity contribution < 1.29 is 22.7 Å². The van der Waals surface area contributed by atoms with Crippen LogP contribution in [0.3, 0.4) is 0 Å². The average Bonchev–Trinajstić information content (AvgIpc) is 3.25. The van der Waals surface area contributed by atoms with Crippen LogP contribution in [0.25, 0.3) is 0 Å². The first kappa shape index (κ1) is 27.2. The lowest BCUT2D eigenvalue weighted by molar-refractivity contribution is -0.119. The van der Waals surface area contributed by atoms with E-state index in [2.05, 4.69) is 10.3 Å². The second-order valence-electron chi connectivity index (χ2n) is 10.6. The number of sulfone groups is 1. The Morgan fingerprint density at radius 1 is 1.11 bits per heavy atom. The summed E-state index contributed by atoms with van der Waals surface area (Å²) in [4.78, 5) is 32.4. The van der Waals surface area contributed by atoms with E-state index in [-0.39, 0.29) is 29.2 Å². The Bertz CT molecular complexity index is 1320. The molecule has 2 amide bonds. The number of benzene rings is 2. The lowest BCUT2D eigenvalue weighted by atomic mass is 10.1. The molecule has 2 aliphatic rings. The number of amidine groups is 1. The molecule has 2 saturated heterocycles. The highest BCUT2D eigenvalue weighted by molar-refractivity contribution is 8.16. The number of aliphatic imine (C=N–C) groups is 1. The summed E-state index contributed by atoms with van der Waals surface area (Å²) in [5.41, 5.74) is 3.12. The Labute approximate surface area is 222 Å². The molecule has 2 fully saturated rings. The highest BCUT2D eigenvalue weighted by Gasteiger charge is 2.49. The molecular formula is C27H33N3O5S2. The smallest absolute Gasteiger partial charge is 0.408 e. The first-order valence-electron chi connectivity index (χ1n) is 12.2. The first-order chi connectivity index (χ1) is 17.3. The molecule has 8 nitrogen and oxygen atoms in total. The van der Waals surface area contributed by atoms with Gasteiger partial charge in [-0.3, -0.25) is 4.79 Å². The monoisotopic (exact) mass is 543 g/mol. The van der Waals surface area contributed by atoms with E-state index in [0.717, 1.165) is 22.4 Å². The summed E-state index contributed by atoms with van der Waals surface area (Å²) >= 11 is 1.31. The Balaban J connectivity index is 1.66. The number of carbonyl (C=O) groups excluding carboxylic acids is 2. The summed E-state index contributed by atoms with van der Waals surface area (Å²) in [6, 6.07) is 14.0. The first-order valence-corrected chi connectivity index (χ1v) is 14.9. The number of nitrogens with zero attached hydrogens (tertiary/aromatic N) is 2. The van der Waals surface area contributed by atoms with E-state index < -0.39 is 33.5 Å². The van der Waals surface area contributed by atoms with Crippen molar-refractivity contribution in [3.8, 4) is 0 Å². The summed E-state index contributed by atoms with van der Waals surface area (Å²) in [5, 5.41) is 2.92. The van der Waals surface area contributed by atoms with Gasteiger partial charge in [-0.25, -0.2) is 13.2 Å². The van der Waals surface area contributed by atoms with E-state index in [9.17, 15) is 18.0 Å². The average molecular weight is 544 g/mol. The van der Waals surface area contributed by atoms with Crippen LogP contribution in [0.5, 0.6) is 0 Å². The van der Waals surface area contributed by atoms with Crippen molar-refractivity contribution in [1.82, 2.24) is 5.32 Å². The van der Waals surface area contributed by atoms with Crippen LogP contribution in [0, 0.1) is 13.8 Å². The third-order valence-electron chi connectivity index (χ3n) is 6.31. The second kappa shape index (κ2) is 10.5. The Kier molecular flexibility index (Phi) is 7.71. The van der Waals surface area contributed by atoms with Crippen LogP contribution in [0.1, 0.15) is 37.5 Å². The van der Waals surface area contributed by atoms with E-state index in [4.69, 9.17) is 4.74 Å². The third kappa shape index (κ3) is 6.73. The maximum Gasteiger partial charge on any atom is 0.408 e. The fourth-order valence-electron chi connectivity index (χ4n) is 4.41. The molecule has 37 heavy (non-hydrogen) atoms. The van der Waals surface area contributed by atoms with E-state index in [1.165, 1.54) is 11.8 Å². The van der Waals surface area contributed by atoms with Gasteiger partial charge < -0.3 is 15.0 Å². The van der Waals surface area contributed by atoms with Gasteiger partial charge >= 0.3 is 6.09 Å². The van der Waals surface area contributed by atoms with Crippen LogP contribution >= 0.6 is 11.8 Å². The molecule has 2 aliphatic heterocycles. The van der Waals surface area contributed by atoms with Crippen LogP contribution in [-0.4, -0.2) is 60.0 Å². The summed E-state index contributed by atoms with van der Waals surface area (Å²) in [6.45, 7) is 9.27. The van der Waals surface area contributed by atoms with Crippen molar-refractivity contribution >= 4 is 44.5 Å². The number of nitrogens with one attached hydrogen (secondary N) is 1. The number of hydrogen-bond donors (Lipinski definition) is 1. The van der Waals surface area contributed by atoms with Gasteiger partial charge in [-0.15, -0.1) is 0 Å². The highest BCUT2D eigenvalue weighted by Crippen LogP contribution is 2.41. The second-order valence-corrected chi connectivity index (χ2v) is 13.9. The van der Waals surface area contributed by atoms with Crippen molar-refractivity contribution in [1.29, 1.82) is 0 Å². The van der Waals surface area contributed by atoms with Gasteiger partial charge in [-0.1, -0.05) is 48.2 Å².